The molecule has 0 radical (unpaired) electrons. The summed E-state index contributed by atoms with van der Waals surface area (Å²) in [7, 11) is 0. The van der Waals surface area contributed by atoms with Gasteiger partial charge in [-0.25, -0.2) is 0 Å². The maximum atomic E-state index is 12.6. The Balaban J connectivity index is 1.91. The smallest absolute Gasteiger partial charge is 0.291 e. The van der Waals surface area contributed by atoms with Gasteiger partial charge >= 0.3 is 0 Å². The van der Waals surface area contributed by atoms with Crippen molar-refractivity contribution in [1.82, 2.24) is 0 Å². The number of nitro groups is 1. The minimum atomic E-state index is -0.625. The Labute approximate surface area is 171 Å². The summed E-state index contributed by atoms with van der Waals surface area (Å²) in [6, 6.07) is 19.8. The maximum absolute atomic E-state index is 12.6. The first-order valence-corrected chi connectivity index (χ1v) is 8.82. The van der Waals surface area contributed by atoms with Crippen LogP contribution in [0.2, 0.25) is 5.02 Å². The number of benzene rings is 3. The monoisotopic (exact) mass is 407 g/mol. The zero-order valence-corrected chi connectivity index (χ0v) is 15.7. The van der Waals surface area contributed by atoms with E-state index in [1.807, 2.05) is 36.4 Å². The lowest BCUT2D eigenvalue weighted by atomic mass is 10.1. The molecule has 1 amide bonds. The van der Waals surface area contributed by atoms with E-state index in [0.29, 0.717) is 5.56 Å². The number of nitrogens with one attached hydrogen (secondary N) is 1. The van der Waals surface area contributed by atoms with Crippen molar-refractivity contribution in [2.24, 2.45) is 0 Å². The summed E-state index contributed by atoms with van der Waals surface area (Å²) in [6.07, 6.45) is 0. The largest absolute Gasteiger partial charge is 0.486 e. The van der Waals surface area contributed by atoms with Crippen LogP contribution in [0, 0.1) is 21.4 Å². The SMILES string of the molecule is N#Cc1cccc(C(=O)Nc2cc(Cl)c([N+](=O)[O-])cc2OCc2ccccc2)c1. The standard InChI is InChI=1S/C21H14ClN3O4/c22-17-10-18(24-21(26)16-8-4-7-15(9-16)12-23)20(11-19(17)25(27)28)29-13-14-5-2-1-3-6-14/h1-11H,13H2,(H,24,26). The topological polar surface area (TPSA) is 105 Å². The van der Waals surface area contributed by atoms with Gasteiger partial charge in [0.25, 0.3) is 11.6 Å². The number of nitrogens with zero attached hydrogens (tertiary/aromatic N) is 2. The minimum Gasteiger partial charge on any atom is -0.486 e. The third-order valence-corrected chi connectivity index (χ3v) is 4.29. The molecule has 8 heteroatoms. The highest BCUT2D eigenvalue weighted by molar-refractivity contribution is 6.33. The fourth-order valence-corrected chi connectivity index (χ4v) is 2.79. The lowest BCUT2D eigenvalue weighted by Crippen LogP contribution is -2.13. The number of anilines is 1. The third-order valence-electron chi connectivity index (χ3n) is 3.98. The van der Waals surface area contributed by atoms with Crippen LogP contribution in [0.25, 0.3) is 0 Å². The highest BCUT2D eigenvalue weighted by Gasteiger charge is 2.20. The van der Waals surface area contributed by atoms with E-state index in [2.05, 4.69) is 5.32 Å². The number of carbonyl (C=O) groups is 1. The van der Waals surface area contributed by atoms with E-state index in [0.717, 1.165) is 5.56 Å². The third kappa shape index (κ3) is 4.89. The first kappa shape index (κ1) is 19.9. The molecule has 3 rings (SSSR count). The van der Waals surface area contributed by atoms with Gasteiger partial charge in [0.2, 0.25) is 0 Å². The van der Waals surface area contributed by atoms with Crippen molar-refractivity contribution >= 4 is 28.9 Å². The van der Waals surface area contributed by atoms with Crippen molar-refractivity contribution < 1.29 is 14.5 Å². The van der Waals surface area contributed by atoms with Gasteiger partial charge in [-0.1, -0.05) is 48.0 Å². The van der Waals surface area contributed by atoms with Gasteiger partial charge in [0.15, 0.2) is 0 Å². The highest BCUT2D eigenvalue weighted by Crippen LogP contribution is 2.36. The van der Waals surface area contributed by atoms with Crippen molar-refractivity contribution in [3.63, 3.8) is 0 Å². The molecule has 3 aromatic carbocycles. The zero-order chi connectivity index (χ0) is 20.8. The van der Waals surface area contributed by atoms with E-state index in [1.54, 1.807) is 18.2 Å². The molecule has 0 aliphatic carbocycles. The van der Waals surface area contributed by atoms with Crippen molar-refractivity contribution in [1.29, 1.82) is 5.26 Å². The molecule has 0 atom stereocenters. The molecular weight excluding hydrogens is 394 g/mol. The van der Waals surface area contributed by atoms with E-state index in [1.165, 1.54) is 18.2 Å². The van der Waals surface area contributed by atoms with Crippen LogP contribution < -0.4 is 10.1 Å². The summed E-state index contributed by atoms with van der Waals surface area (Å²) in [5.74, 6) is -0.397. The predicted octanol–water partition coefficient (Wildman–Crippen LogP) is 4.95. The lowest BCUT2D eigenvalue weighted by molar-refractivity contribution is -0.384. The van der Waals surface area contributed by atoms with Crippen LogP contribution in [-0.2, 0) is 6.61 Å². The van der Waals surface area contributed by atoms with Gasteiger partial charge in [0, 0.05) is 5.56 Å². The molecule has 0 bridgehead atoms. The van der Waals surface area contributed by atoms with Gasteiger partial charge in [-0.15, -0.1) is 0 Å². The van der Waals surface area contributed by atoms with Crippen LogP contribution in [0.1, 0.15) is 21.5 Å². The molecule has 3 aromatic rings. The van der Waals surface area contributed by atoms with Crippen molar-refractivity contribution in [2.75, 3.05) is 5.32 Å². The second-order valence-corrected chi connectivity index (χ2v) is 6.39. The molecule has 0 unspecified atom stereocenters. The summed E-state index contributed by atoms with van der Waals surface area (Å²) >= 11 is 6.00. The van der Waals surface area contributed by atoms with Crippen LogP contribution in [0.3, 0.4) is 0 Å². The first-order chi connectivity index (χ1) is 14.0. The van der Waals surface area contributed by atoms with E-state index < -0.39 is 10.8 Å². The molecule has 0 aromatic heterocycles. The molecule has 0 saturated carbocycles. The number of nitro benzene ring substituents is 1. The van der Waals surface area contributed by atoms with Gasteiger partial charge < -0.3 is 10.1 Å². The van der Waals surface area contributed by atoms with Gasteiger partial charge in [0.1, 0.15) is 17.4 Å². The quantitative estimate of drug-likeness (QED) is 0.459. The van der Waals surface area contributed by atoms with Crippen molar-refractivity contribution in [3.8, 4) is 11.8 Å². The second-order valence-electron chi connectivity index (χ2n) is 5.98. The Morgan fingerprint density at radius 3 is 2.59 bits per heavy atom. The van der Waals surface area contributed by atoms with Gasteiger partial charge in [-0.3, -0.25) is 14.9 Å². The number of carbonyl (C=O) groups excluding carboxylic acids is 1. The molecular formula is C21H14ClN3O4. The molecule has 1 N–H and O–H groups in total. The highest BCUT2D eigenvalue weighted by atomic mass is 35.5. The Morgan fingerprint density at radius 1 is 1.14 bits per heavy atom. The molecule has 29 heavy (non-hydrogen) atoms. The molecule has 0 spiro atoms. The average molecular weight is 408 g/mol. The summed E-state index contributed by atoms with van der Waals surface area (Å²) in [6.45, 7) is 0.145. The lowest BCUT2D eigenvalue weighted by Gasteiger charge is -2.13. The van der Waals surface area contributed by atoms with E-state index in [-0.39, 0.29) is 34.3 Å². The van der Waals surface area contributed by atoms with Gasteiger partial charge in [-0.2, -0.15) is 5.26 Å². The molecule has 0 heterocycles. The number of rotatable bonds is 6. The van der Waals surface area contributed by atoms with Crippen LogP contribution in [-0.4, -0.2) is 10.8 Å². The Kier molecular flexibility index (Phi) is 6.07. The number of ether oxygens (including phenoxy) is 1. The summed E-state index contributed by atoms with van der Waals surface area (Å²) < 4.78 is 5.72. The number of nitriles is 1. The maximum Gasteiger partial charge on any atom is 0.291 e. The van der Waals surface area contributed by atoms with Crippen LogP contribution in [0.15, 0.2) is 66.7 Å². The van der Waals surface area contributed by atoms with Gasteiger partial charge in [0.05, 0.1) is 28.3 Å². The molecule has 0 aliphatic rings. The van der Waals surface area contributed by atoms with Crippen LogP contribution >= 0.6 is 11.6 Å². The molecule has 0 saturated heterocycles. The molecule has 7 nitrogen and oxygen atoms in total. The van der Waals surface area contributed by atoms with Crippen LogP contribution in [0.4, 0.5) is 11.4 Å². The second kappa shape index (κ2) is 8.87. The molecule has 0 fully saturated rings. The first-order valence-electron chi connectivity index (χ1n) is 8.44. The molecule has 0 aliphatic heterocycles. The van der Waals surface area contributed by atoms with Crippen molar-refractivity contribution in [2.45, 2.75) is 6.61 Å². The van der Waals surface area contributed by atoms with E-state index in [9.17, 15) is 14.9 Å². The summed E-state index contributed by atoms with van der Waals surface area (Å²) in [5.41, 5.74) is 1.29. The van der Waals surface area contributed by atoms with Gasteiger partial charge in [-0.05, 0) is 29.8 Å². The fourth-order valence-electron chi connectivity index (χ4n) is 2.56. The fraction of sp³-hybridized carbons (Fsp3) is 0.0476. The van der Waals surface area contributed by atoms with E-state index >= 15 is 0 Å². The summed E-state index contributed by atoms with van der Waals surface area (Å²) in [5, 5.41) is 22.7. The Morgan fingerprint density at radius 2 is 1.90 bits per heavy atom. The Bertz CT molecular complexity index is 1110. The normalized spacial score (nSPS) is 10.1. The number of halogens is 1. The number of hydrogen-bond donors (Lipinski definition) is 1. The van der Waals surface area contributed by atoms with Crippen LogP contribution in [0.5, 0.6) is 5.75 Å². The average Bonchev–Trinajstić information content (AvgIpc) is 2.73. The number of amides is 1. The van der Waals surface area contributed by atoms with Crippen molar-refractivity contribution in [3.05, 3.63) is 98.6 Å². The zero-order valence-electron chi connectivity index (χ0n) is 15.0. The summed E-state index contributed by atoms with van der Waals surface area (Å²) in [4.78, 5) is 23.2. The number of hydrogen-bond acceptors (Lipinski definition) is 5. The van der Waals surface area contributed by atoms with E-state index in [4.69, 9.17) is 21.6 Å². The Hall–Kier alpha value is -3.89. The molecule has 144 valence electrons. The minimum absolute atomic E-state index is 0.106. The predicted molar refractivity (Wildman–Crippen MR) is 108 cm³/mol.